The lowest BCUT2D eigenvalue weighted by atomic mass is 10.0. The molecule has 2 heterocycles. The normalized spacial score (nSPS) is 17.2. The lowest BCUT2D eigenvalue weighted by molar-refractivity contribution is -0.142. The molecule has 1 fully saturated rings. The van der Waals surface area contributed by atoms with Crippen molar-refractivity contribution < 1.29 is 43.8 Å². The fraction of sp³-hybridized carbons (Fsp3) is 0.579. The van der Waals surface area contributed by atoms with Crippen LogP contribution in [-0.2, 0) is 46.4 Å². The predicted molar refractivity (Wildman–Crippen MR) is 204 cm³/mol. The number of carbonyl (C=O) groups excluding carboxylic acids is 6. The van der Waals surface area contributed by atoms with Crippen LogP contribution in [0.15, 0.2) is 42.9 Å². The first-order valence-electron chi connectivity index (χ1n) is 18.9. The van der Waals surface area contributed by atoms with Gasteiger partial charge in [0.1, 0.15) is 42.3 Å². The number of nitrogens with zero attached hydrogens (tertiary/aromatic N) is 2. The number of rotatable bonds is 21. The van der Waals surface area contributed by atoms with Gasteiger partial charge in [-0.3, -0.25) is 28.8 Å². The lowest BCUT2D eigenvalue weighted by Gasteiger charge is -2.28. The van der Waals surface area contributed by atoms with Crippen LogP contribution in [0.2, 0.25) is 0 Å². The van der Waals surface area contributed by atoms with Crippen molar-refractivity contribution in [2.75, 3.05) is 13.2 Å². The minimum absolute atomic E-state index is 0.0216. The van der Waals surface area contributed by atoms with Crippen molar-refractivity contribution in [3.8, 4) is 0 Å². The number of nitrogens with two attached hydrogens (primary N) is 1. The Labute approximate surface area is 326 Å². The van der Waals surface area contributed by atoms with E-state index in [1.54, 1.807) is 30.3 Å². The molecule has 7 atom stereocenters. The fourth-order valence-corrected chi connectivity index (χ4v) is 6.36. The smallest absolute Gasteiger partial charge is 0.326 e. The van der Waals surface area contributed by atoms with Crippen LogP contribution in [0, 0.1) is 11.8 Å². The molecule has 2 aromatic rings. The third kappa shape index (κ3) is 13.7. The van der Waals surface area contributed by atoms with Gasteiger partial charge in [-0.25, -0.2) is 9.78 Å². The van der Waals surface area contributed by atoms with Crippen molar-refractivity contribution in [3.63, 3.8) is 0 Å². The molecule has 1 aliphatic heterocycles. The number of aliphatic hydroxyl groups is 1. The average molecular weight is 784 g/mol. The number of H-pyrrole nitrogens is 1. The van der Waals surface area contributed by atoms with E-state index >= 15 is 0 Å². The van der Waals surface area contributed by atoms with Crippen LogP contribution in [-0.4, -0.2) is 122 Å². The van der Waals surface area contributed by atoms with E-state index in [-0.39, 0.29) is 44.1 Å². The average Bonchev–Trinajstić information content (AvgIpc) is 3.86. The minimum atomic E-state index is -1.28. The zero-order chi connectivity index (χ0) is 41.5. The number of aromatic nitrogens is 2. The Morgan fingerprint density at radius 1 is 0.804 bits per heavy atom. The molecule has 6 amide bonds. The molecule has 1 saturated heterocycles. The van der Waals surface area contributed by atoms with Crippen molar-refractivity contribution in [1.82, 2.24) is 41.5 Å². The summed E-state index contributed by atoms with van der Waals surface area (Å²) in [5, 5.41) is 32.3. The van der Waals surface area contributed by atoms with Crippen molar-refractivity contribution in [3.05, 3.63) is 54.1 Å². The molecule has 1 aromatic carbocycles. The molecule has 1 aromatic heterocycles. The van der Waals surface area contributed by atoms with Crippen LogP contribution in [0.5, 0.6) is 0 Å². The summed E-state index contributed by atoms with van der Waals surface area (Å²) >= 11 is 0. The zero-order valence-corrected chi connectivity index (χ0v) is 32.6. The Balaban J connectivity index is 1.80. The number of aliphatic carboxylic acids is 1. The molecular weight excluding hydrogens is 726 g/mol. The first kappa shape index (κ1) is 45.0. The van der Waals surface area contributed by atoms with Gasteiger partial charge in [-0.05, 0) is 50.0 Å². The second kappa shape index (κ2) is 21.7. The third-order valence-electron chi connectivity index (χ3n) is 9.29. The molecule has 308 valence electrons. The maximum atomic E-state index is 14.0. The second-order valence-electron chi connectivity index (χ2n) is 15.0. The van der Waals surface area contributed by atoms with E-state index in [0.717, 1.165) is 0 Å². The molecule has 0 spiro atoms. The maximum Gasteiger partial charge on any atom is 0.326 e. The number of carboxylic acid groups (broad SMARTS) is 1. The van der Waals surface area contributed by atoms with Crippen LogP contribution in [0.3, 0.4) is 0 Å². The Morgan fingerprint density at radius 3 is 1.91 bits per heavy atom. The summed E-state index contributed by atoms with van der Waals surface area (Å²) in [7, 11) is 0. The number of likely N-dealkylation sites (tertiary alicyclic amines) is 1. The molecule has 0 saturated carbocycles. The van der Waals surface area contributed by atoms with Crippen LogP contribution < -0.4 is 32.3 Å². The summed E-state index contributed by atoms with van der Waals surface area (Å²) in [5.41, 5.74) is 6.87. The van der Waals surface area contributed by atoms with E-state index in [4.69, 9.17) is 5.73 Å². The first-order valence-corrected chi connectivity index (χ1v) is 18.9. The Bertz CT molecular complexity index is 1640. The molecule has 1 aliphatic rings. The standard InChI is InChI=1S/C38H57N9O9/c1-21(2)14-27(43-32(49)23(5)42-36(53)31-12-9-13-47(31)37(54)26(39)19-48)33(50)45-29(17-25-18-40-20-41-25)35(52)44-28(16-24-10-7-6-8-11-24)34(51)46-30(38(55)56)15-22(3)4/h6-8,10-11,18,20-23,26-31,48H,9,12-17,19,39H2,1-5H3,(H,40,41)(H,42,53)(H,43,49)(H,44,52)(H,45,50)(H,46,51)(H,55,56)/t23-,26-,27-,28-,29-,30-,31-/m0/s1. The molecule has 18 nitrogen and oxygen atoms in total. The van der Waals surface area contributed by atoms with E-state index in [0.29, 0.717) is 24.1 Å². The Kier molecular flexibility index (Phi) is 17.4. The van der Waals surface area contributed by atoms with Crippen molar-refractivity contribution in [2.24, 2.45) is 17.6 Å². The lowest BCUT2D eigenvalue weighted by Crippen LogP contribution is -2.60. The number of hydrogen-bond acceptors (Lipinski definition) is 10. The number of benzene rings is 1. The monoisotopic (exact) mass is 783 g/mol. The fourth-order valence-electron chi connectivity index (χ4n) is 6.36. The van der Waals surface area contributed by atoms with Crippen molar-refractivity contribution in [1.29, 1.82) is 0 Å². The molecule has 0 aliphatic carbocycles. The predicted octanol–water partition coefficient (Wildman–Crippen LogP) is -0.874. The van der Waals surface area contributed by atoms with Gasteiger partial charge in [-0.1, -0.05) is 58.0 Å². The van der Waals surface area contributed by atoms with Gasteiger partial charge in [-0.2, -0.15) is 0 Å². The van der Waals surface area contributed by atoms with Gasteiger partial charge in [0, 0.05) is 31.3 Å². The summed E-state index contributed by atoms with van der Waals surface area (Å²) < 4.78 is 0. The highest BCUT2D eigenvalue weighted by Crippen LogP contribution is 2.19. The number of nitrogens with one attached hydrogen (secondary N) is 6. The van der Waals surface area contributed by atoms with Crippen molar-refractivity contribution >= 4 is 41.4 Å². The highest BCUT2D eigenvalue weighted by atomic mass is 16.4. The number of hydrogen-bond donors (Lipinski definition) is 9. The largest absolute Gasteiger partial charge is 0.480 e. The highest BCUT2D eigenvalue weighted by molar-refractivity contribution is 5.97. The summed E-state index contributed by atoms with van der Waals surface area (Å²) in [6.45, 7) is 8.45. The molecule has 0 bridgehead atoms. The quantitative estimate of drug-likeness (QED) is 0.0750. The topological polar surface area (TPSA) is 278 Å². The van der Waals surface area contributed by atoms with Gasteiger partial charge in [0.2, 0.25) is 35.4 Å². The molecule has 0 unspecified atom stereocenters. The summed E-state index contributed by atoms with van der Waals surface area (Å²) in [6, 6.07) is 0.810. The van der Waals surface area contributed by atoms with Crippen molar-refractivity contribution in [2.45, 2.75) is 115 Å². The Morgan fingerprint density at radius 2 is 1.36 bits per heavy atom. The molecule has 0 radical (unpaired) electrons. The number of carboxylic acids is 1. The van der Waals surface area contributed by atoms with E-state index in [2.05, 4.69) is 36.6 Å². The van der Waals surface area contributed by atoms with Gasteiger partial charge in [0.15, 0.2) is 0 Å². The number of aliphatic hydroxyl groups excluding tert-OH is 1. The van der Waals surface area contributed by atoms with Gasteiger partial charge < -0.3 is 52.4 Å². The van der Waals surface area contributed by atoms with E-state index in [9.17, 15) is 43.8 Å². The summed E-state index contributed by atoms with van der Waals surface area (Å²) in [6.07, 6.45) is 4.01. The molecule has 10 N–H and O–H groups in total. The summed E-state index contributed by atoms with van der Waals surface area (Å²) in [5.74, 6) is -5.38. The van der Waals surface area contributed by atoms with Gasteiger partial charge in [0.25, 0.3) is 0 Å². The van der Waals surface area contributed by atoms with Crippen LogP contribution in [0.1, 0.15) is 71.6 Å². The number of imidazole rings is 1. The third-order valence-corrected chi connectivity index (χ3v) is 9.29. The molecule has 56 heavy (non-hydrogen) atoms. The summed E-state index contributed by atoms with van der Waals surface area (Å²) in [4.78, 5) is 101. The molecule has 3 rings (SSSR count). The van der Waals surface area contributed by atoms with Crippen LogP contribution in [0.25, 0.3) is 0 Å². The van der Waals surface area contributed by atoms with Gasteiger partial charge >= 0.3 is 5.97 Å². The molecular formula is C38H57N9O9. The molecule has 18 heteroatoms. The van der Waals surface area contributed by atoms with Gasteiger partial charge in [-0.15, -0.1) is 0 Å². The number of carbonyl (C=O) groups is 7. The van der Waals surface area contributed by atoms with E-state index in [1.807, 2.05) is 27.7 Å². The highest BCUT2D eigenvalue weighted by Gasteiger charge is 2.38. The number of amides is 6. The van der Waals surface area contributed by atoms with E-state index in [1.165, 1.54) is 24.3 Å². The Hall–Kier alpha value is -5.36. The van der Waals surface area contributed by atoms with Gasteiger partial charge in [0.05, 0.1) is 12.9 Å². The first-order chi connectivity index (χ1) is 26.5. The maximum absolute atomic E-state index is 14.0. The SMILES string of the molecule is CC(C)C[C@H](NC(=O)[C@H](Cc1ccccc1)NC(=O)[C@H](Cc1cnc[nH]1)NC(=O)[C@H](CC(C)C)NC(=O)[C@H](C)NC(=O)[C@@H]1CCCN1C(=O)[C@@H](N)CO)C(=O)O. The van der Waals surface area contributed by atoms with Crippen LogP contribution in [0.4, 0.5) is 0 Å². The second-order valence-corrected chi connectivity index (χ2v) is 15.0. The van der Waals surface area contributed by atoms with Crippen LogP contribution >= 0.6 is 0 Å². The van der Waals surface area contributed by atoms with E-state index < -0.39 is 90.3 Å². The number of aromatic amines is 1. The zero-order valence-electron chi connectivity index (χ0n) is 32.6. The minimum Gasteiger partial charge on any atom is -0.480 e.